The van der Waals surface area contributed by atoms with Crippen LogP contribution < -0.4 is 10.6 Å². The third-order valence-corrected chi connectivity index (χ3v) is 4.42. The van der Waals surface area contributed by atoms with E-state index in [0.717, 1.165) is 25.8 Å². The lowest BCUT2D eigenvalue weighted by Crippen LogP contribution is -2.39. The third-order valence-electron chi connectivity index (χ3n) is 4.42. The summed E-state index contributed by atoms with van der Waals surface area (Å²) in [4.78, 5) is 11.8. The summed E-state index contributed by atoms with van der Waals surface area (Å²) in [6, 6.07) is 0.783. The fourth-order valence-corrected chi connectivity index (χ4v) is 3.34. The van der Waals surface area contributed by atoms with Crippen LogP contribution in [0.15, 0.2) is 11.6 Å². The van der Waals surface area contributed by atoms with Gasteiger partial charge in [0.2, 0.25) is 0 Å². The van der Waals surface area contributed by atoms with E-state index in [-0.39, 0.29) is 12.1 Å². The first-order valence-corrected chi connectivity index (χ1v) is 8.83. The molecule has 2 aliphatic rings. The number of carbonyl (C=O) groups is 1. The van der Waals surface area contributed by atoms with Crippen molar-refractivity contribution in [1.82, 2.24) is 10.6 Å². The first-order chi connectivity index (χ1) is 10.4. The number of carbonyl (C=O) groups excluding carboxylic acids is 1. The maximum absolute atomic E-state index is 11.8. The van der Waals surface area contributed by atoms with Crippen LogP contribution in [0.25, 0.3) is 0 Å². The minimum absolute atomic E-state index is 0.251. The van der Waals surface area contributed by atoms with E-state index in [4.69, 9.17) is 4.74 Å². The second kappa shape index (κ2) is 8.00. The van der Waals surface area contributed by atoms with Crippen LogP contribution in [0.5, 0.6) is 0 Å². The van der Waals surface area contributed by atoms with Gasteiger partial charge < -0.3 is 15.4 Å². The molecule has 1 fully saturated rings. The zero-order valence-corrected chi connectivity index (χ0v) is 14.4. The number of ether oxygens (including phenoxy) is 1. The average Bonchev–Trinajstić information content (AvgIpc) is 2.85. The highest BCUT2D eigenvalue weighted by atomic mass is 16.6. The molecule has 126 valence electrons. The van der Waals surface area contributed by atoms with E-state index in [0.29, 0.717) is 6.04 Å². The molecule has 0 aliphatic heterocycles. The number of hydrogen-bond donors (Lipinski definition) is 2. The van der Waals surface area contributed by atoms with Crippen LogP contribution in [-0.2, 0) is 4.74 Å². The lowest BCUT2D eigenvalue weighted by molar-refractivity contribution is 0.0505. The lowest BCUT2D eigenvalue weighted by atomic mass is 9.97. The fourth-order valence-electron chi connectivity index (χ4n) is 3.34. The number of alkyl carbamates (subject to hydrolysis) is 1. The predicted octanol–water partition coefficient (Wildman–Crippen LogP) is 3.91. The van der Waals surface area contributed by atoms with Crippen LogP contribution in [-0.4, -0.2) is 30.3 Å². The van der Waals surface area contributed by atoms with Gasteiger partial charge in [0.25, 0.3) is 0 Å². The molecule has 1 amide bonds. The van der Waals surface area contributed by atoms with Gasteiger partial charge in [0.1, 0.15) is 5.60 Å². The summed E-state index contributed by atoms with van der Waals surface area (Å²) in [6.45, 7) is 6.75. The Hall–Kier alpha value is -1.03. The van der Waals surface area contributed by atoms with Crippen molar-refractivity contribution in [3.05, 3.63) is 11.6 Å². The van der Waals surface area contributed by atoms with Crippen LogP contribution in [0.4, 0.5) is 4.79 Å². The molecule has 2 rings (SSSR count). The average molecular weight is 308 g/mol. The van der Waals surface area contributed by atoms with E-state index in [9.17, 15) is 4.79 Å². The monoisotopic (exact) mass is 308 g/mol. The highest BCUT2D eigenvalue weighted by Crippen LogP contribution is 2.22. The van der Waals surface area contributed by atoms with Crippen molar-refractivity contribution in [2.24, 2.45) is 0 Å². The number of nitrogens with one attached hydrogen (secondary N) is 2. The summed E-state index contributed by atoms with van der Waals surface area (Å²) in [6.07, 6.45) is 11.8. The van der Waals surface area contributed by atoms with E-state index in [1.807, 2.05) is 20.8 Å². The molecule has 2 N–H and O–H groups in total. The van der Waals surface area contributed by atoms with Gasteiger partial charge in [0.05, 0.1) is 0 Å². The minimum Gasteiger partial charge on any atom is -0.444 e. The summed E-state index contributed by atoms with van der Waals surface area (Å²) in [5, 5.41) is 6.64. The van der Waals surface area contributed by atoms with Gasteiger partial charge in [-0.3, -0.25) is 0 Å². The molecule has 4 nitrogen and oxygen atoms in total. The largest absolute Gasteiger partial charge is 0.444 e. The van der Waals surface area contributed by atoms with Gasteiger partial charge in [-0.2, -0.15) is 0 Å². The van der Waals surface area contributed by atoms with Crippen molar-refractivity contribution < 1.29 is 9.53 Å². The highest BCUT2D eigenvalue weighted by Gasteiger charge is 2.27. The van der Waals surface area contributed by atoms with Gasteiger partial charge in [-0.15, -0.1) is 0 Å². The zero-order chi connectivity index (χ0) is 16.0. The Balaban J connectivity index is 1.61. The van der Waals surface area contributed by atoms with Crippen LogP contribution in [0, 0.1) is 0 Å². The third kappa shape index (κ3) is 6.39. The van der Waals surface area contributed by atoms with Crippen LogP contribution in [0.3, 0.4) is 0 Å². The minimum atomic E-state index is -0.423. The lowest BCUT2D eigenvalue weighted by Gasteiger charge is -2.22. The molecule has 2 atom stereocenters. The van der Waals surface area contributed by atoms with Crippen molar-refractivity contribution >= 4 is 6.09 Å². The van der Waals surface area contributed by atoms with Gasteiger partial charge in [0, 0.05) is 12.1 Å². The zero-order valence-electron chi connectivity index (χ0n) is 14.4. The summed E-state index contributed by atoms with van der Waals surface area (Å²) in [5.41, 5.74) is 1.20. The summed E-state index contributed by atoms with van der Waals surface area (Å²) in [5.74, 6) is 0. The highest BCUT2D eigenvalue weighted by molar-refractivity contribution is 5.68. The fraction of sp³-hybridized carbons (Fsp3) is 0.833. The van der Waals surface area contributed by atoms with Crippen molar-refractivity contribution in [2.75, 3.05) is 6.54 Å². The van der Waals surface area contributed by atoms with Crippen molar-refractivity contribution in [3.63, 3.8) is 0 Å². The van der Waals surface area contributed by atoms with Gasteiger partial charge in [-0.05, 0) is 78.7 Å². The molecule has 0 saturated heterocycles. The first kappa shape index (κ1) is 17.3. The molecule has 0 radical (unpaired) electrons. The smallest absolute Gasteiger partial charge is 0.407 e. The van der Waals surface area contributed by atoms with E-state index < -0.39 is 5.60 Å². The molecule has 0 aromatic heterocycles. The molecule has 0 heterocycles. The maximum Gasteiger partial charge on any atom is 0.407 e. The Kier molecular flexibility index (Phi) is 6.30. The van der Waals surface area contributed by atoms with Gasteiger partial charge in [-0.25, -0.2) is 4.79 Å². The molecule has 4 heteroatoms. The summed E-state index contributed by atoms with van der Waals surface area (Å²) in [7, 11) is 0. The second-order valence-corrected chi connectivity index (χ2v) is 7.67. The first-order valence-electron chi connectivity index (χ1n) is 8.83. The molecule has 0 spiro atoms. The molecule has 22 heavy (non-hydrogen) atoms. The van der Waals surface area contributed by atoms with Crippen molar-refractivity contribution in [1.29, 1.82) is 0 Å². The number of rotatable bonds is 5. The Morgan fingerprint density at radius 1 is 1.27 bits per heavy atom. The second-order valence-electron chi connectivity index (χ2n) is 7.67. The Morgan fingerprint density at radius 2 is 2.05 bits per heavy atom. The molecular formula is C18H32N2O2. The SMILES string of the molecule is CC(C)(C)OC(=O)NC1CCC(NCCC2=CCCCC2)C1. The van der Waals surface area contributed by atoms with E-state index >= 15 is 0 Å². The number of hydrogen-bond acceptors (Lipinski definition) is 3. The molecule has 0 bridgehead atoms. The molecule has 1 saturated carbocycles. The number of amides is 1. The molecule has 0 aromatic rings. The Labute approximate surface area is 135 Å². The molecule has 0 aromatic carbocycles. The quantitative estimate of drug-likeness (QED) is 0.757. The van der Waals surface area contributed by atoms with E-state index in [2.05, 4.69) is 16.7 Å². The topological polar surface area (TPSA) is 50.4 Å². The molecular weight excluding hydrogens is 276 g/mol. The van der Waals surface area contributed by atoms with Crippen LogP contribution in [0.2, 0.25) is 0 Å². The maximum atomic E-state index is 11.8. The van der Waals surface area contributed by atoms with Crippen molar-refractivity contribution in [3.8, 4) is 0 Å². The molecule has 2 unspecified atom stereocenters. The standard InChI is InChI=1S/C18H32N2O2/c1-18(2,3)22-17(21)20-16-10-9-15(13-16)19-12-11-14-7-5-4-6-8-14/h7,15-16,19H,4-6,8-13H2,1-3H3,(H,20,21). The number of allylic oxidation sites excluding steroid dienone is 1. The van der Waals surface area contributed by atoms with E-state index in [1.165, 1.54) is 32.1 Å². The van der Waals surface area contributed by atoms with Crippen LogP contribution >= 0.6 is 0 Å². The van der Waals surface area contributed by atoms with E-state index in [1.54, 1.807) is 5.57 Å². The van der Waals surface area contributed by atoms with Gasteiger partial charge >= 0.3 is 6.09 Å². The summed E-state index contributed by atoms with van der Waals surface area (Å²) >= 11 is 0. The van der Waals surface area contributed by atoms with Crippen molar-refractivity contribution in [2.45, 2.75) is 89.8 Å². The Bertz CT molecular complexity index is 398. The predicted molar refractivity (Wildman–Crippen MR) is 90.0 cm³/mol. The van der Waals surface area contributed by atoms with Gasteiger partial charge in [0.15, 0.2) is 0 Å². The van der Waals surface area contributed by atoms with Crippen LogP contribution in [0.1, 0.15) is 72.1 Å². The normalized spacial score (nSPS) is 25.7. The summed E-state index contributed by atoms with van der Waals surface area (Å²) < 4.78 is 5.32. The molecule has 2 aliphatic carbocycles. The Morgan fingerprint density at radius 3 is 2.73 bits per heavy atom. The van der Waals surface area contributed by atoms with Gasteiger partial charge in [-0.1, -0.05) is 11.6 Å².